The van der Waals surface area contributed by atoms with Crippen LogP contribution in [0.15, 0.2) is 63.4 Å². The van der Waals surface area contributed by atoms with Crippen molar-refractivity contribution >= 4 is 17.5 Å². The maximum Gasteiger partial charge on any atom is 0.263 e. The van der Waals surface area contributed by atoms with Crippen molar-refractivity contribution in [1.82, 2.24) is 15.1 Å². The number of aryl methyl sites for hydroxylation is 2. The van der Waals surface area contributed by atoms with Gasteiger partial charge in [0.1, 0.15) is 6.54 Å². The Bertz CT molecular complexity index is 1150. The van der Waals surface area contributed by atoms with Crippen molar-refractivity contribution in [3.8, 4) is 11.4 Å². The van der Waals surface area contributed by atoms with Gasteiger partial charge < -0.3 is 4.52 Å². The molecule has 9 heteroatoms. The van der Waals surface area contributed by atoms with Crippen molar-refractivity contribution in [3.05, 3.63) is 65.5 Å². The van der Waals surface area contributed by atoms with E-state index in [1.807, 2.05) is 50.2 Å². The molecule has 0 spiro atoms. The van der Waals surface area contributed by atoms with Crippen LogP contribution in [-0.4, -0.2) is 39.0 Å². The predicted octanol–water partition coefficient (Wildman–Crippen LogP) is 2.85. The maximum atomic E-state index is 13.0. The Labute approximate surface area is 172 Å². The van der Waals surface area contributed by atoms with E-state index >= 15 is 0 Å². The van der Waals surface area contributed by atoms with E-state index in [2.05, 4.69) is 20.5 Å². The zero-order valence-corrected chi connectivity index (χ0v) is 16.4. The second kappa shape index (κ2) is 6.87. The molecule has 0 saturated carbocycles. The van der Waals surface area contributed by atoms with E-state index in [0.29, 0.717) is 17.4 Å². The topological polar surface area (TPSA) is 104 Å². The number of carbonyl (C=O) groups is 2. The first-order valence-corrected chi connectivity index (χ1v) is 9.53. The Balaban J connectivity index is 1.36. The lowest BCUT2D eigenvalue weighted by molar-refractivity contribution is -0.123. The third kappa shape index (κ3) is 2.95. The first-order valence-electron chi connectivity index (χ1n) is 9.53. The van der Waals surface area contributed by atoms with Crippen LogP contribution in [0.5, 0.6) is 0 Å². The average Bonchev–Trinajstić information content (AvgIpc) is 3.43. The molecular formula is C21H18N6O3. The van der Waals surface area contributed by atoms with Crippen LogP contribution in [0.25, 0.3) is 11.4 Å². The fourth-order valence-corrected chi connectivity index (χ4v) is 3.58. The summed E-state index contributed by atoms with van der Waals surface area (Å²) in [5, 5.41) is 13.5. The summed E-state index contributed by atoms with van der Waals surface area (Å²) in [4.78, 5) is 31.3. The zero-order chi connectivity index (χ0) is 20.8. The van der Waals surface area contributed by atoms with E-state index in [9.17, 15) is 9.59 Å². The molecule has 2 aliphatic rings. The number of hydrogen-bond acceptors (Lipinski definition) is 8. The number of benzene rings is 2. The van der Waals surface area contributed by atoms with Gasteiger partial charge in [-0.25, -0.2) is 4.90 Å². The lowest BCUT2D eigenvalue weighted by Crippen LogP contribution is -2.39. The van der Waals surface area contributed by atoms with Gasteiger partial charge in [-0.1, -0.05) is 57.9 Å². The van der Waals surface area contributed by atoms with E-state index in [0.717, 1.165) is 16.7 Å². The lowest BCUT2D eigenvalue weighted by Gasteiger charge is -2.19. The Morgan fingerprint density at radius 3 is 2.30 bits per heavy atom. The molecule has 0 unspecified atom stereocenters. The van der Waals surface area contributed by atoms with E-state index in [-0.39, 0.29) is 18.4 Å². The molecule has 0 aliphatic carbocycles. The first kappa shape index (κ1) is 18.2. The summed E-state index contributed by atoms with van der Waals surface area (Å²) in [6.45, 7) is 4.03. The fourth-order valence-electron chi connectivity index (χ4n) is 3.58. The standard InChI is InChI=1S/C21H18N6O3/c1-12-3-7-14(8-4-12)19-22-16(30-24-19)11-26-18-17(23-25-26)20(28)27(21(18)29)15-9-5-13(2)6-10-15/h3-10,17-18H,11H2,1-2H3/t17-,18-/m0/s1. The summed E-state index contributed by atoms with van der Waals surface area (Å²) in [6.07, 6.45) is 0. The molecule has 0 radical (unpaired) electrons. The van der Waals surface area contributed by atoms with Crippen molar-refractivity contribution in [2.45, 2.75) is 32.5 Å². The number of aromatic nitrogens is 2. The van der Waals surface area contributed by atoms with Crippen LogP contribution in [0.2, 0.25) is 0 Å². The van der Waals surface area contributed by atoms with Crippen LogP contribution in [0.1, 0.15) is 17.0 Å². The summed E-state index contributed by atoms with van der Waals surface area (Å²) in [7, 11) is 0. The summed E-state index contributed by atoms with van der Waals surface area (Å²) < 4.78 is 5.33. The molecule has 150 valence electrons. The van der Waals surface area contributed by atoms with Crippen molar-refractivity contribution in [3.63, 3.8) is 0 Å². The Morgan fingerprint density at radius 1 is 0.933 bits per heavy atom. The smallest absolute Gasteiger partial charge is 0.263 e. The van der Waals surface area contributed by atoms with Crippen molar-refractivity contribution < 1.29 is 14.1 Å². The quantitative estimate of drug-likeness (QED) is 0.622. The van der Waals surface area contributed by atoms with Gasteiger partial charge in [0.2, 0.25) is 11.7 Å². The van der Waals surface area contributed by atoms with Gasteiger partial charge in [-0.2, -0.15) is 10.1 Å². The number of hydrogen-bond donors (Lipinski definition) is 0. The number of fused-ring (bicyclic) bond motifs is 1. The van der Waals surface area contributed by atoms with Crippen LogP contribution in [0, 0.1) is 13.8 Å². The largest absolute Gasteiger partial charge is 0.337 e. The number of carbonyl (C=O) groups excluding carboxylic acids is 2. The average molecular weight is 402 g/mol. The van der Waals surface area contributed by atoms with Gasteiger partial charge in [0, 0.05) is 5.56 Å². The van der Waals surface area contributed by atoms with Crippen LogP contribution in [0.4, 0.5) is 5.69 Å². The van der Waals surface area contributed by atoms with Gasteiger partial charge in [0.05, 0.1) is 5.69 Å². The van der Waals surface area contributed by atoms with Gasteiger partial charge in [-0.15, -0.1) is 0 Å². The molecule has 3 aromatic rings. The highest BCUT2D eigenvalue weighted by atomic mass is 16.5. The Hall–Kier alpha value is -3.88. The number of rotatable bonds is 4. The molecule has 1 saturated heterocycles. The van der Waals surface area contributed by atoms with Crippen LogP contribution in [0.3, 0.4) is 0 Å². The normalized spacial score (nSPS) is 20.3. The molecule has 0 bridgehead atoms. The molecule has 30 heavy (non-hydrogen) atoms. The number of nitrogens with zero attached hydrogens (tertiary/aromatic N) is 6. The molecule has 1 fully saturated rings. The molecule has 2 aliphatic heterocycles. The van der Waals surface area contributed by atoms with Crippen LogP contribution in [-0.2, 0) is 16.1 Å². The van der Waals surface area contributed by atoms with Gasteiger partial charge in [0.25, 0.3) is 11.8 Å². The second-order valence-electron chi connectivity index (χ2n) is 7.42. The third-order valence-corrected chi connectivity index (χ3v) is 5.23. The van der Waals surface area contributed by atoms with Crippen molar-refractivity contribution in [2.24, 2.45) is 10.3 Å². The SMILES string of the molecule is Cc1ccc(-c2noc(CN3N=N[C@@H]4C(=O)N(c5ccc(C)cc5)C(=O)[C@H]43)n2)cc1. The van der Waals surface area contributed by atoms with Crippen molar-refractivity contribution in [1.29, 1.82) is 0 Å². The molecule has 5 rings (SSSR count). The van der Waals surface area contributed by atoms with Crippen molar-refractivity contribution in [2.75, 3.05) is 4.90 Å². The highest BCUT2D eigenvalue weighted by molar-refractivity contribution is 6.25. The molecule has 1 aromatic heterocycles. The van der Waals surface area contributed by atoms with E-state index in [4.69, 9.17) is 4.52 Å². The monoisotopic (exact) mass is 402 g/mol. The second-order valence-corrected chi connectivity index (χ2v) is 7.42. The van der Waals surface area contributed by atoms with E-state index in [1.54, 1.807) is 12.1 Å². The van der Waals surface area contributed by atoms with Gasteiger partial charge in [-0.05, 0) is 26.0 Å². The maximum absolute atomic E-state index is 13.0. The molecule has 2 aromatic carbocycles. The minimum atomic E-state index is -0.863. The molecule has 2 amide bonds. The number of imide groups is 1. The molecule has 9 nitrogen and oxygen atoms in total. The van der Waals surface area contributed by atoms with E-state index in [1.165, 1.54) is 9.91 Å². The van der Waals surface area contributed by atoms with Crippen LogP contribution < -0.4 is 4.90 Å². The lowest BCUT2D eigenvalue weighted by atomic mass is 10.1. The predicted molar refractivity (Wildman–Crippen MR) is 106 cm³/mol. The minimum Gasteiger partial charge on any atom is -0.337 e. The fraction of sp³-hybridized carbons (Fsp3) is 0.238. The number of amides is 2. The summed E-state index contributed by atoms with van der Waals surface area (Å²) in [6, 6.07) is 13.3. The van der Waals surface area contributed by atoms with Gasteiger partial charge in [-0.3, -0.25) is 14.6 Å². The van der Waals surface area contributed by atoms with Gasteiger partial charge in [0.15, 0.2) is 12.1 Å². The summed E-state index contributed by atoms with van der Waals surface area (Å²) in [5.74, 6) is -0.00453. The minimum absolute atomic E-state index is 0.0876. The first-order chi connectivity index (χ1) is 14.5. The third-order valence-electron chi connectivity index (χ3n) is 5.23. The Kier molecular flexibility index (Phi) is 4.16. The molecule has 0 N–H and O–H groups in total. The summed E-state index contributed by atoms with van der Waals surface area (Å²) >= 11 is 0. The zero-order valence-electron chi connectivity index (χ0n) is 16.4. The highest BCUT2D eigenvalue weighted by Crippen LogP contribution is 2.32. The highest BCUT2D eigenvalue weighted by Gasteiger charge is 2.55. The molecular weight excluding hydrogens is 384 g/mol. The number of anilines is 1. The van der Waals surface area contributed by atoms with Gasteiger partial charge >= 0.3 is 0 Å². The van der Waals surface area contributed by atoms with E-state index < -0.39 is 12.1 Å². The molecule has 2 atom stereocenters. The summed E-state index contributed by atoms with van der Waals surface area (Å²) in [5.41, 5.74) is 3.53. The Morgan fingerprint density at radius 2 is 1.60 bits per heavy atom. The van der Waals surface area contributed by atoms with Crippen LogP contribution >= 0.6 is 0 Å². The molecule has 3 heterocycles.